The van der Waals surface area contributed by atoms with Crippen LogP contribution in [-0.4, -0.2) is 11.1 Å². The van der Waals surface area contributed by atoms with Gasteiger partial charge in [0.2, 0.25) is 0 Å². The molecule has 4 heteroatoms. The van der Waals surface area contributed by atoms with Gasteiger partial charge in [-0.3, -0.25) is 4.79 Å². The Kier molecular flexibility index (Phi) is 3.62. The lowest BCUT2D eigenvalue weighted by Gasteiger charge is -2.26. The van der Waals surface area contributed by atoms with Gasteiger partial charge in [-0.25, -0.2) is 8.78 Å². The highest BCUT2D eigenvalue weighted by Gasteiger charge is 2.47. The third kappa shape index (κ3) is 2.38. The first-order valence-corrected chi connectivity index (χ1v) is 5.03. The van der Waals surface area contributed by atoms with Gasteiger partial charge in [0.1, 0.15) is 5.92 Å². The van der Waals surface area contributed by atoms with Crippen molar-refractivity contribution >= 4 is 5.97 Å². The Balaban J connectivity index is 3.13. The molecule has 2 nitrogen and oxygen atoms in total. The van der Waals surface area contributed by atoms with Crippen LogP contribution in [0.5, 0.6) is 0 Å². The number of carboxylic acid groups (broad SMARTS) is 1. The summed E-state index contributed by atoms with van der Waals surface area (Å²) in [6.45, 7) is 2.96. The summed E-state index contributed by atoms with van der Waals surface area (Å²) in [5.41, 5.74) is -0.254. The Bertz CT molecular complexity index is 361. The SMILES string of the molecule is CC(C)C(C(=O)O)C(F)(F)c1ccccc1. The maximum absolute atomic E-state index is 13.9. The summed E-state index contributed by atoms with van der Waals surface area (Å²) >= 11 is 0. The second-order valence-electron chi connectivity index (χ2n) is 4.05. The van der Waals surface area contributed by atoms with Gasteiger partial charge in [-0.2, -0.15) is 0 Å². The first kappa shape index (κ1) is 12.6. The monoisotopic (exact) mass is 228 g/mol. The molecule has 0 aliphatic heterocycles. The minimum absolute atomic E-state index is 0.254. The van der Waals surface area contributed by atoms with Gasteiger partial charge in [-0.1, -0.05) is 44.2 Å². The van der Waals surface area contributed by atoms with Crippen LogP contribution in [0.2, 0.25) is 0 Å². The van der Waals surface area contributed by atoms with Crippen LogP contribution in [0.1, 0.15) is 19.4 Å². The number of rotatable bonds is 4. The molecule has 0 aromatic heterocycles. The molecule has 88 valence electrons. The van der Waals surface area contributed by atoms with Crippen molar-refractivity contribution in [2.75, 3.05) is 0 Å². The zero-order valence-corrected chi connectivity index (χ0v) is 9.15. The summed E-state index contributed by atoms with van der Waals surface area (Å²) in [6, 6.07) is 7.06. The highest BCUT2D eigenvalue weighted by molar-refractivity contribution is 5.72. The Labute approximate surface area is 92.9 Å². The molecule has 1 aromatic carbocycles. The van der Waals surface area contributed by atoms with Crippen LogP contribution >= 0.6 is 0 Å². The zero-order valence-electron chi connectivity index (χ0n) is 9.15. The number of aliphatic carboxylic acids is 1. The summed E-state index contributed by atoms with van der Waals surface area (Å²) in [4.78, 5) is 10.9. The molecule has 0 amide bonds. The number of benzene rings is 1. The molecule has 1 rings (SSSR count). The van der Waals surface area contributed by atoms with Crippen molar-refractivity contribution < 1.29 is 18.7 Å². The second kappa shape index (κ2) is 4.60. The normalized spacial score (nSPS) is 13.8. The maximum atomic E-state index is 13.9. The summed E-state index contributed by atoms with van der Waals surface area (Å²) < 4.78 is 27.9. The highest BCUT2D eigenvalue weighted by atomic mass is 19.3. The smallest absolute Gasteiger partial charge is 0.313 e. The van der Waals surface area contributed by atoms with Crippen LogP contribution in [0.3, 0.4) is 0 Å². The van der Waals surface area contributed by atoms with Crippen LogP contribution in [-0.2, 0) is 10.7 Å². The van der Waals surface area contributed by atoms with E-state index in [0.717, 1.165) is 0 Å². The molecule has 0 heterocycles. The van der Waals surface area contributed by atoms with Gasteiger partial charge in [0.15, 0.2) is 0 Å². The molecular weight excluding hydrogens is 214 g/mol. The first-order valence-electron chi connectivity index (χ1n) is 5.03. The van der Waals surface area contributed by atoms with Crippen LogP contribution in [0.25, 0.3) is 0 Å². The van der Waals surface area contributed by atoms with Gasteiger partial charge in [-0.05, 0) is 5.92 Å². The third-order valence-electron chi connectivity index (χ3n) is 2.48. The van der Waals surface area contributed by atoms with Crippen molar-refractivity contribution in [2.24, 2.45) is 11.8 Å². The van der Waals surface area contributed by atoms with Crippen molar-refractivity contribution in [2.45, 2.75) is 19.8 Å². The molecule has 16 heavy (non-hydrogen) atoms. The molecule has 0 saturated heterocycles. The summed E-state index contributed by atoms with van der Waals surface area (Å²) in [5.74, 6) is -7.15. The highest BCUT2D eigenvalue weighted by Crippen LogP contribution is 2.39. The van der Waals surface area contributed by atoms with E-state index in [2.05, 4.69) is 0 Å². The maximum Gasteiger partial charge on any atom is 0.313 e. The van der Waals surface area contributed by atoms with E-state index in [1.54, 1.807) is 6.07 Å². The largest absolute Gasteiger partial charge is 0.481 e. The lowest BCUT2D eigenvalue weighted by Crippen LogP contribution is -2.36. The number of halogens is 2. The van der Waals surface area contributed by atoms with Crippen molar-refractivity contribution in [3.8, 4) is 0 Å². The summed E-state index contributed by atoms with van der Waals surface area (Å²) in [5, 5.41) is 8.86. The lowest BCUT2D eigenvalue weighted by molar-refractivity contribution is -0.163. The van der Waals surface area contributed by atoms with E-state index in [1.807, 2.05) is 0 Å². The van der Waals surface area contributed by atoms with E-state index in [4.69, 9.17) is 5.11 Å². The molecule has 0 spiro atoms. The van der Waals surface area contributed by atoms with E-state index in [0.29, 0.717) is 0 Å². The average Bonchev–Trinajstić information content (AvgIpc) is 2.17. The second-order valence-corrected chi connectivity index (χ2v) is 4.05. The van der Waals surface area contributed by atoms with Gasteiger partial charge >= 0.3 is 5.97 Å². The molecular formula is C12H14F2O2. The van der Waals surface area contributed by atoms with E-state index in [9.17, 15) is 13.6 Å². The van der Waals surface area contributed by atoms with Gasteiger partial charge in [0.25, 0.3) is 5.92 Å². The molecule has 0 saturated carbocycles. The molecule has 0 bridgehead atoms. The minimum Gasteiger partial charge on any atom is -0.481 e. The fourth-order valence-electron chi connectivity index (χ4n) is 1.70. The predicted octanol–water partition coefficient (Wildman–Crippen LogP) is 3.14. The van der Waals surface area contributed by atoms with Gasteiger partial charge in [0.05, 0.1) is 0 Å². The van der Waals surface area contributed by atoms with Crippen molar-refractivity contribution in [1.82, 2.24) is 0 Å². The standard InChI is InChI=1S/C12H14F2O2/c1-8(2)10(11(15)16)12(13,14)9-6-4-3-5-7-9/h3-8,10H,1-2H3,(H,15,16). The molecule has 1 atom stereocenters. The predicted molar refractivity (Wildman–Crippen MR) is 56.3 cm³/mol. The third-order valence-corrected chi connectivity index (χ3v) is 2.48. The summed E-state index contributed by atoms with van der Waals surface area (Å²) in [7, 11) is 0. The zero-order chi connectivity index (χ0) is 12.3. The molecule has 0 aliphatic carbocycles. The fraction of sp³-hybridized carbons (Fsp3) is 0.417. The molecule has 1 unspecified atom stereocenters. The number of hydrogen-bond donors (Lipinski definition) is 1. The number of alkyl halides is 2. The van der Waals surface area contributed by atoms with Crippen LogP contribution in [0.4, 0.5) is 8.78 Å². The van der Waals surface area contributed by atoms with Crippen molar-refractivity contribution in [3.63, 3.8) is 0 Å². The average molecular weight is 228 g/mol. The van der Waals surface area contributed by atoms with Crippen molar-refractivity contribution in [1.29, 1.82) is 0 Å². The fourth-order valence-corrected chi connectivity index (χ4v) is 1.70. The van der Waals surface area contributed by atoms with Gasteiger partial charge in [-0.15, -0.1) is 0 Å². The van der Waals surface area contributed by atoms with Crippen LogP contribution in [0.15, 0.2) is 30.3 Å². The Hall–Kier alpha value is -1.45. The summed E-state index contributed by atoms with van der Waals surface area (Å²) in [6.07, 6.45) is 0. The van der Waals surface area contributed by atoms with Crippen LogP contribution < -0.4 is 0 Å². The molecule has 1 N–H and O–H groups in total. The van der Waals surface area contributed by atoms with Crippen LogP contribution in [0, 0.1) is 11.8 Å². The Morgan fingerprint density at radius 2 is 1.75 bits per heavy atom. The minimum atomic E-state index is -3.35. The van der Waals surface area contributed by atoms with Gasteiger partial charge in [0, 0.05) is 5.56 Å². The van der Waals surface area contributed by atoms with E-state index < -0.39 is 23.7 Å². The quantitative estimate of drug-likeness (QED) is 0.859. The molecule has 0 fully saturated rings. The van der Waals surface area contributed by atoms with E-state index in [1.165, 1.54) is 38.1 Å². The molecule has 0 radical (unpaired) electrons. The van der Waals surface area contributed by atoms with E-state index in [-0.39, 0.29) is 5.56 Å². The number of carbonyl (C=O) groups is 1. The molecule has 1 aromatic rings. The Morgan fingerprint density at radius 1 is 1.25 bits per heavy atom. The van der Waals surface area contributed by atoms with Crippen molar-refractivity contribution in [3.05, 3.63) is 35.9 Å². The topological polar surface area (TPSA) is 37.3 Å². The Morgan fingerprint density at radius 3 is 2.12 bits per heavy atom. The molecule has 0 aliphatic rings. The number of hydrogen-bond acceptors (Lipinski definition) is 1. The van der Waals surface area contributed by atoms with E-state index >= 15 is 0 Å². The van der Waals surface area contributed by atoms with Gasteiger partial charge < -0.3 is 5.11 Å². The first-order chi connectivity index (χ1) is 7.37. The lowest BCUT2D eigenvalue weighted by atomic mass is 9.85. The number of carboxylic acids is 1.